The Morgan fingerprint density at radius 3 is 2.61 bits per heavy atom. The minimum atomic E-state index is -0.676. The van der Waals surface area contributed by atoms with Gasteiger partial charge in [0.2, 0.25) is 11.9 Å². The van der Waals surface area contributed by atoms with Gasteiger partial charge in [0.1, 0.15) is 5.92 Å². The van der Waals surface area contributed by atoms with E-state index in [0.29, 0.717) is 29.6 Å². The van der Waals surface area contributed by atoms with E-state index < -0.39 is 12.0 Å². The van der Waals surface area contributed by atoms with Gasteiger partial charge in [0.05, 0.1) is 0 Å². The Morgan fingerprint density at radius 1 is 1.30 bits per heavy atom. The molecular formula is C16H16Cl2N2O3. The third-order valence-electron chi connectivity index (χ3n) is 4.38. The molecule has 1 aliphatic carbocycles. The van der Waals surface area contributed by atoms with Gasteiger partial charge in [-0.15, -0.1) is 0 Å². The fourth-order valence-corrected chi connectivity index (χ4v) is 3.27. The standard InChI is InChI=1S/C16H16Cl2N2O3/c17-12-1-2-14(18)11(8-12)7-10-3-5-19(6-4-10)16(21)13-9-15(13)20(22)23/h1-2,7-8,13,15H,3-6,9H2. The van der Waals surface area contributed by atoms with Gasteiger partial charge in [-0.05, 0) is 36.6 Å². The number of piperidine rings is 1. The number of benzene rings is 1. The molecule has 5 nitrogen and oxygen atoms in total. The van der Waals surface area contributed by atoms with Gasteiger partial charge in [0, 0.05) is 34.5 Å². The molecule has 1 saturated carbocycles. The van der Waals surface area contributed by atoms with E-state index in [1.807, 2.05) is 12.1 Å². The second kappa shape index (κ2) is 6.49. The van der Waals surface area contributed by atoms with Crippen LogP contribution in [0.4, 0.5) is 0 Å². The van der Waals surface area contributed by atoms with E-state index in [0.717, 1.165) is 18.4 Å². The Morgan fingerprint density at radius 2 is 2.00 bits per heavy atom. The lowest BCUT2D eigenvalue weighted by molar-refractivity contribution is -0.497. The van der Waals surface area contributed by atoms with Gasteiger partial charge in [-0.25, -0.2) is 0 Å². The van der Waals surface area contributed by atoms with Gasteiger partial charge >= 0.3 is 0 Å². The van der Waals surface area contributed by atoms with Gasteiger partial charge in [-0.1, -0.05) is 34.9 Å². The highest BCUT2D eigenvalue weighted by Crippen LogP contribution is 2.36. The smallest absolute Gasteiger partial charge is 0.232 e. The molecule has 0 bridgehead atoms. The quantitative estimate of drug-likeness (QED) is 0.614. The van der Waals surface area contributed by atoms with Crippen molar-refractivity contribution in [2.45, 2.75) is 25.3 Å². The summed E-state index contributed by atoms with van der Waals surface area (Å²) in [6.07, 6.45) is 3.91. The summed E-state index contributed by atoms with van der Waals surface area (Å²) in [5.41, 5.74) is 2.09. The van der Waals surface area contributed by atoms with E-state index in [1.165, 1.54) is 5.57 Å². The number of nitro groups is 1. The number of amides is 1. The molecule has 2 atom stereocenters. The average molecular weight is 355 g/mol. The minimum Gasteiger partial charge on any atom is -0.342 e. The summed E-state index contributed by atoms with van der Waals surface area (Å²) in [6.45, 7) is 1.20. The number of rotatable bonds is 3. The maximum Gasteiger partial charge on any atom is 0.232 e. The molecule has 1 aromatic rings. The van der Waals surface area contributed by atoms with E-state index in [9.17, 15) is 14.9 Å². The molecule has 1 amide bonds. The first-order chi connectivity index (χ1) is 11.0. The first-order valence-corrected chi connectivity index (χ1v) is 8.28. The second-order valence-corrected chi connectivity index (χ2v) is 6.83. The Balaban J connectivity index is 1.60. The highest BCUT2D eigenvalue weighted by molar-refractivity contribution is 6.34. The fraction of sp³-hybridized carbons (Fsp3) is 0.438. The number of nitrogens with zero attached hydrogens (tertiary/aromatic N) is 2. The monoisotopic (exact) mass is 354 g/mol. The van der Waals surface area contributed by atoms with Crippen molar-refractivity contribution < 1.29 is 9.72 Å². The van der Waals surface area contributed by atoms with Crippen LogP contribution in [-0.2, 0) is 4.79 Å². The summed E-state index contributed by atoms with van der Waals surface area (Å²) in [5, 5.41) is 12.0. The second-order valence-electron chi connectivity index (χ2n) is 5.99. The molecule has 0 N–H and O–H groups in total. The van der Waals surface area contributed by atoms with Crippen molar-refractivity contribution in [3.63, 3.8) is 0 Å². The zero-order valence-corrected chi connectivity index (χ0v) is 13.9. The third kappa shape index (κ3) is 3.67. The van der Waals surface area contributed by atoms with Crippen molar-refractivity contribution in [3.8, 4) is 0 Å². The molecular weight excluding hydrogens is 339 g/mol. The Bertz CT molecular complexity index is 680. The van der Waals surface area contributed by atoms with Gasteiger partial charge in [-0.2, -0.15) is 0 Å². The minimum absolute atomic E-state index is 0.0773. The van der Waals surface area contributed by atoms with Crippen LogP contribution >= 0.6 is 23.2 Å². The zero-order valence-electron chi connectivity index (χ0n) is 12.4. The molecule has 0 aromatic heterocycles. The van der Waals surface area contributed by atoms with Crippen molar-refractivity contribution in [1.82, 2.24) is 4.90 Å². The normalized spacial score (nSPS) is 23.6. The lowest BCUT2D eigenvalue weighted by Gasteiger charge is -2.28. The number of likely N-dealkylation sites (tertiary alicyclic amines) is 1. The van der Waals surface area contributed by atoms with Crippen LogP contribution in [0.3, 0.4) is 0 Å². The predicted octanol–water partition coefficient (Wildman–Crippen LogP) is 3.66. The van der Waals surface area contributed by atoms with Crippen LogP contribution in [0.1, 0.15) is 24.8 Å². The first-order valence-electron chi connectivity index (χ1n) is 7.52. The zero-order chi connectivity index (χ0) is 16.6. The molecule has 7 heteroatoms. The lowest BCUT2D eigenvalue weighted by atomic mass is 10.0. The molecule has 1 aliphatic heterocycles. The van der Waals surface area contributed by atoms with Crippen molar-refractivity contribution >= 4 is 35.2 Å². The summed E-state index contributed by atoms with van der Waals surface area (Å²) in [5.74, 6) is -0.496. The van der Waals surface area contributed by atoms with Gasteiger partial charge in [0.25, 0.3) is 0 Å². The van der Waals surface area contributed by atoms with Crippen LogP contribution in [0.5, 0.6) is 0 Å². The molecule has 1 aromatic carbocycles. The van der Waals surface area contributed by atoms with Crippen molar-refractivity contribution in [2.75, 3.05) is 13.1 Å². The number of carbonyl (C=O) groups is 1. The molecule has 23 heavy (non-hydrogen) atoms. The molecule has 122 valence electrons. The van der Waals surface area contributed by atoms with Crippen molar-refractivity contribution in [1.29, 1.82) is 0 Å². The molecule has 0 spiro atoms. The number of halogens is 2. The van der Waals surface area contributed by atoms with Gasteiger partial charge in [-0.3, -0.25) is 14.9 Å². The summed E-state index contributed by atoms with van der Waals surface area (Å²) in [7, 11) is 0. The highest BCUT2D eigenvalue weighted by Gasteiger charge is 2.54. The van der Waals surface area contributed by atoms with E-state index in [1.54, 1.807) is 17.0 Å². The molecule has 2 fully saturated rings. The van der Waals surface area contributed by atoms with Crippen LogP contribution in [0.15, 0.2) is 23.8 Å². The van der Waals surface area contributed by atoms with E-state index in [2.05, 4.69) is 0 Å². The summed E-state index contributed by atoms with van der Waals surface area (Å²) >= 11 is 12.1. The van der Waals surface area contributed by atoms with Crippen molar-refractivity contribution in [2.24, 2.45) is 5.92 Å². The van der Waals surface area contributed by atoms with Crippen LogP contribution in [0.2, 0.25) is 10.0 Å². The summed E-state index contributed by atoms with van der Waals surface area (Å²) in [6, 6.07) is 4.65. The first kappa shape index (κ1) is 16.3. The van der Waals surface area contributed by atoms with E-state index in [-0.39, 0.29) is 10.8 Å². The van der Waals surface area contributed by atoms with Crippen LogP contribution in [-0.4, -0.2) is 34.9 Å². The average Bonchev–Trinajstić information content (AvgIpc) is 3.32. The van der Waals surface area contributed by atoms with Crippen LogP contribution in [0, 0.1) is 16.0 Å². The lowest BCUT2D eigenvalue weighted by Crippen LogP contribution is -2.38. The Hall–Kier alpha value is -1.59. The van der Waals surface area contributed by atoms with Crippen LogP contribution in [0.25, 0.3) is 6.08 Å². The third-order valence-corrected chi connectivity index (χ3v) is 4.96. The highest BCUT2D eigenvalue weighted by atomic mass is 35.5. The number of hydrogen-bond acceptors (Lipinski definition) is 3. The largest absolute Gasteiger partial charge is 0.342 e. The van der Waals surface area contributed by atoms with E-state index >= 15 is 0 Å². The predicted molar refractivity (Wildman–Crippen MR) is 89.1 cm³/mol. The van der Waals surface area contributed by atoms with E-state index in [4.69, 9.17) is 23.2 Å². The fourth-order valence-electron chi connectivity index (χ4n) is 2.92. The van der Waals surface area contributed by atoms with Crippen LogP contribution < -0.4 is 0 Å². The van der Waals surface area contributed by atoms with Gasteiger partial charge in [0.15, 0.2) is 0 Å². The molecule has 0 radical (unpaired) electrons. The van der Waals surface area contributed by atoms with Crippen molar-refractivity contribution in [3.05, 3.63) is 49.5 Å². The Labute approximate surface area is 144 Å². The summed E-state index contributed by atoms with van der Waals surface area (Å²) < 4.78 is 0. The molecule has 1 saturated heterocycles. The molecule has 1 heterocycles. The molecule has 2 aliphatic rings. The Kier molecular flexibility index (Phi) is 4.60. The number of carbonyl (C=O) groups excluding carboxylic acids is 1. The SMILES string of the molecule is O=C(C1CC1[N+](=O)[O-])N1CCC(=Cc2cc(Cl)ccc2Cl)CC1. The number of hydrogen-bond donors (Lipinski definition) is 0. The molecule has 3 rings (SSSR count). The molecule has 2 unspecified atom stereocenters. The maximum absolute atomic E-state index is 12.2. The maximum atomic E-state index is 12.2. The van der Waals surface area contributed by atoms with Gasteiger partial charge < -0.3 is 4.90 Å². The topological polar surface area (TPSA) is 63.4 Å². The summed E-state index contributed by atoms with van der Waals surface area (Å²) in [4.78, 5) is 24.3.